The normalized spacial score (nSPS) is 17.7. The van der Waals surface area contributed by atoms with Gasteiger partial charge in [0.15, 0.2) is 17.3 Å². The first kappa shape index (κ1) is 20.3. The van der Waals surface area contributed by atoms with Gasteiger partial charge in [0, 0.05) is 30.4 Å². The molecule has 32 heavy (non-hydrogen) atoms. The number of nitrogens with one attached hydrogen (secondary N) is 1. The van der Waals surface area contributed by atoms with Gasteiger partial charge < -0.3 is 19.7 Å². The Bertz CT molecular complexity index is 1120. The number of hydrogen-bond donors (Lipinski definition) is 1. The van der Waals surface area contributed by atoms with E-state index in [1.54, 1.807) is 0 Å². The van der Waals surface area contributed by atoms with Crippen LogP contribution >= 0.6 is 0 Å². The molecule has 1 amide bonds. The second kappa shape index (κ2) is 8.86. The number of aryl methyl sites for hydroxylation is 1. The summed E-state index contributed by atoms with van der Waals surface area (Å²) < 4.78 is 11.2. The molecule has 1 fully saturated rings. The maximum absolute atomic E-state index is 12.9. The van der Waals surface area contributed by atoms with Crippen LogP contribution in [-0.4, -0.2) is 42.4 Å². The first-order valence-electron chi connectivity index (χ1n) is 11.0. The van der Waals surface area contributed by atoms with E-state index in [1.165, 1.54) is 5.56 Å². The zero-order valence-corrected chi connectivity index (χ0v) is 18.1. The molecule has 0 radical (unpaired) electrons. The molecule has 1 saturated heterocycles. The van der Waals surface area contributed by atoms with Crippen LogP contribution in [0.25, 0.3) is 11.3 Å². The number of anilines is 2. The second-order valence-electron chi connectivity index (χ2n) is 8.28. The molecule has 2 aromatic carbocycles. The zero-order valence-electron chi connectivity index (χ0n) is 18.1. The number of amides is 1. The number of nitrogens with zero attached hydrogens (tertiary/aromatic N) is 3. The molecule has 164 valence electrons. The van der Waals surface area contributed by atoms with E-state index in [0.29, 0.717) is 31.3 Å². The van der Waals surface area contributed by atoms with E-state index in [1.807, 2.05) is 42.5 Å². The highest BCUT2D eigenvalue weighted by molar-refractivity contribution is 5.93. The van der Waals surface area contributed by atoms with E-state index < -0.39 is 0 Å². The van der Waals surface area contributed by atoms with Gasteiger partial charge in [-0.05, 0) is 50.1 Å². The van der Waals surface area contributed by atoms with Crippen LogP contribution in [0.2, 0.25) is 0 Å². The monoisotopic (exact) mass is 430 g/mol. The molecule has 7 heteroatoms. The average Bonchev–Trinajstić information content (AvgIpc) is 2.84. The Balaban J connectivity index is 1.24. The van der Waals surface area contributed by atoms with Crippen molar-refractivity contribution in [2.75, 3.05) is 36.5 Å². The number of aromatic nitrogens is 2. The molecule has 7 nitrogen and oxygen atoms in total. The Morgan fingerprint density at radius 3 is 2.72 bits per heavy atom. The summed E-state index contributed by atoms with van der Waals surface area (Å²) in [5.74, 6) is 2.08. The molecule has 0 spiro atoms. The summed E-state index contributed by atoms with van der Waals surface area (Å²) in [6.45, 7) is 4.62. The van der Waals surface area contributed by atoms with Gasteiger partial charge in [0.25, 0.3) is 0 Å². The molecular formula is C25H26N4O3. The molecule has 2 aliphatic heterocycles. The molecule has 5 rings (SSSR count). The van der Waals surface area contributed by atoms with Gasteiger partial charge in [-0.1, -0.05) is 23.8 Å². The average molecular weight is 431 g/mol. The number of ether oxygens (including phenoxy) is 2. The SMILES string of the molecule is Cc1cccc(-c2ccc(N3CCCC(C(=O)Nc4ccc5c(c4)OCCO5)C3)nn2)c1. The number of fused-ring (bicyclic) bond motifs is 1. The summed E-state index contributed by atoms with van der Waals surface area (Å²) in [4.78, 5) is 15.1. The summed E-state index contributed by atoms with van der Waals surface area (Å²) in [5, 5.41) is 11.9. The van der Waals surface area contributed by atoms with Crippen molar-refractivity contribution in [3.63, 3.8) is 0 Å². The number of piperidine rings is 1. The number of rotatable bonds is 4. The smallest absolute Gasteiger partial charge is 0.229 e. The predicted octanol–water partition coefficient (Wildman–Crippen LogP) is 4.08. The highest BCUT2D eigenvalue weighted by Gasteiger charge is 2.27. The number of hydrogen-bond acceptors (Lipinski definition) is 6. The van der Waals surface area contributed by atoms with Gasteiger partial charge in [-0.25, -0.2) is 0 Å². The lowest BCUT2D eigenvalue weighted by Gasteiger charge is -2.32. The van der Waals surface area contributed by atoms with Gasteiger partial charge in [-0.2, -0.15) is 0 Å². The minimum atomic E-state index is -0.116. The van der Waals surface area contributed by atoms with Crippen molar-refractivity contribution in [1.29, 1.82) is 0 Å². The van der Waals surface area contributed by atoms with Crippen molar-refractivity contribution in [2.24, 2.45) is 5.92 Å². The molecule has 1 N–H and O–H groups in total. The molecular weight excluding hydrogens is 404 g/mol. The first-order valence-corrected chi connectivity index (χ1v) is 11.0. The third kappa shape index (κ3) is 4.37. The fourth-order valence-electron chi connectivity index (χ4n) is 4.22. The fourth-order valence-corrected chi connectivity index (χ4v) is 4.22. The maximum atomic E-state index is 12.9. The van der Waals surface area contributed by atoms with Crippen molar-refractivity contribution in [2.45, 2.75) is 19.8 Å². The third-order valence-electron chi connectivity index (χ3n) is 5.89. The van der Waals surface area contributed by atoms with Crippen LogP contribution in [0.5, 0.6) is 11.5 Å². The standard InChI is InChI=1S/C25H26N4O3/c1-17-4-2-5-18(14-17)21-8-10-24(28-27-21)29-11-3-6-19(16-29)25(30)26-20-7-9-22-23(15-20)32-13-12-31-22/h2,4-5,7-10,14-15,19H,3,6,11-13,16H2,1H3,(H,26,30). The van der Waals surface area contributed by atoms with E-state index in [2.05, 4.69) is 39.5 Å². The fraction of sp³-hybridized carbons (Fsp3) is 0.320. The lowest BCUT2D eigenvalue weighted by molar-refractivity contribution is -0.120. The van der Waals surface area contributed by atoms with E-state index in [-0.39, 0.29) is 11.8 Å². The van der Waals surface area contributed by atoms with E-state index in [9.17, 15) is 4.79 Å². The summed E-state index contributed by atoms with van der Waals surface area (Å²) in [5.41, 5.74) is 3.82. The molecule has 0 saturated carbocycles. The molecule has 0 aliphatic carbocycles. The molecule has 0 bridgehead atoms. The van der Waals surface area contributed by atoms with Gasteiger partial charge in [-0.3, -0.25) is 4.79 Å². The summed E-state index contributed by atoms with van der Waals surface area (Å²) >= 11 is 0. The quantitative estimate of drug-likeness (QED) is 0.672. The van der Waals surface area contributed by atoms with Crippen molar-refractivity contribution in [3.05, 3.63) is 60.2 Å². The summed E-state index contributed by atoms with van der Waals surface area (Å²) in [6, 6.07) is 17.7. The van der Waals surface area contributed by atoms with Crippen molar-refractivity contribution < 1.29 is 14.3 Å². The second-order valence-corrected chi connectivity index (χ2v) is 8.28. The largest absolute Gasteiger partial charge is 0.486 e. The Hall–Kier alpha value is -3.61. The van der Waals surface area contributed by atoms with Crippen LogP contribution in [0.15, 0.2) is 54.6 Å². The number of carbonyl (C=O) groups is 1. The van der Waals surface area contributed by atoms with Crippen LogP contribution in [0, 0.1) is 12.8 Å². The highest BCUT2D eigenvalue weighted by Crippen LogP contribution is 2.33. The van der Waals surface area contributed by atoms with Crippen LogP contribution < -0.4 is 19.7 Å². The predicted molar refractivity (Wildman–Crippen MR) is 123 cm³/mol. The molecule has 3 aromatic rings. The third-order valence-corrected chi connectivity index (χ3v) is 5.89. The lowest BCUT2D eigenvalue weighted by Crippen LogP contribution is -2.41. The van der Waals surface area contributed by atoms with E-state index in [0.717, 1.165) is 42.1 Å². The molecule has 3 heterocycles. The van der Waals surface area contributed by atoms with Crippen LogP contribution in [0.1, 0.15) is 18.4 Å². The van der Waals surface area contributed by atoms with Gasteiger partial charge in [-0.15, -0.1) is 10.2 Å². The van der Waals surface area contributed by atoms with Crippen LogP contribution in [0.4, 0.5) is 11.5 Å². The van der Waals surface area contributed by atoms with Crippen LogP contribution in [-0.2, 0) is 4.79 Å². The van der Waals surface area contributed by atoms with Gasteiger partial charge in [0.2, 0.25) is 5.91 Å². The molecule has 1 unspecified atom stereocenters. The maximum Gasteiger partial charge on any atom is 0.229 e. The minimum absolute atomic E-state index is 0.00992. The molecule has 1 aromatic heterocycles. The van der Waals surface area contributed by atoms with E-state index in [4.69, 9.17) is 9.47 Å². The Morgan fingerprint density at radius 1 is 1.03 bits per heavy atom. The van der Waals surface area contributed by atoms with Crippen molar-refractivity contribution in [3.8, 4) is 22.8 Å². The first-order chi connectivity index (χ1) is 15.7. The van der Waals surface area contributed by atoms with Crippen molar-refractivity contribution in [1.82, 2.24) is 10.2 Å². The topological polar surface area (TPSA) is 76.6 Å². The lowest BCUT2D eigenvalue weighted by atomic mass is 9.97. The Morgan fingerprint density at radius 2 is 1.91 bits per heavy atom. The zero-order chi connectivity index (χ0) is 21.9. The van der Waals surface area contributed by atoms with Crippen LogP contribution in [0.3, 0.4) is 0 Å². The Kier molecular flexibility index (Phi) is 5.62. The van der Waals surface area contributed by atoms with E-state index >= 15 is 0 Å². The highest BCUT2D eigenvalue weighted by atomic mass is 16.6. The minimum Gasteiger partial charge on any atom is -0.486 e. The van der Waals surface area contributed by atoms with Crippen molar-refractivity contribution >= 4 is 17.4 Å². The summed E-state index contributed by atoms with van der Waals surface area (Å²) in [7, 11) is 0. The Labute approximate surface area is 187 Å². The van der Waals surface area contributed by atoms with Gasteiger partial charge in [0.1, 0.15) is 13.2 Å². The number of benzene rings is 2. The van der Waals surface area contributed by atoms with Gasteiger partial charge >= 0.3 is 0 Å². The van der Waals surface area contributed by atoms with Gasteiger partial charge in [0.05, 0.1) is 11.6 Å². The summed E-state index contributed by atoms with van der Waals surface area (Å²) in [6.07, 6.45) is 1.78. The molecule has 1 atom stereocenters. The number of carbonyl (C=O) groups excluding carboxylic acids is 1. The molecule has 2 aliphatic rings.